The molecule has 1 aliphatic rings. The van der Waals surface area contributed by atoms with E-state index in [1.165, 1.54) is 32.4 Å². The van der Waals surface area contributed by atoms with Crippen LogP contribution in [0.3, 0.4) is 0 Å². The summed E-state index contributed by atoms with van der Waals surface area (Å²) < 4.78 is 22.1. The molecule has 0 bridgehead atoms. The van der Waals surface area contributed by atoms with Crippen LogP contribution in [-0.2, 0) is 39.8 Å². The summed E-state index contributed by atoms with van der Waals surface area (Å²) in [7, 11) is 0. The van der Waals surface area contributed by atoms with E-state index >= 15 is 0 Å². The summed E-state index contributed by atoms with van der Waals surface area (Å²) in [5.74, 6) is -5.98. The zero-order valence-corrected chi connectivity index (χ0v) is 28.3. The first-order valence-electron chi connectivity index (χ1n) is 16.9. The number of aromatic nitrogens is 1. The van der Waals surface area contributed by atoms with Crippen LogP contribution < -0.4 is 15.5 Å². The Labute approximate surface area is 281 Å². The van der Waals surface area contributed by atoms with Gasteiger partial charge in [-0.1, -0.05) is 96.0 Å². The van der Waals surface area contributed by atoms with Gasteiger partial charge < -0.3 is 29.2 Å². The number of aromatic amines is 1. The van der Waals surface area contributed by atoms with Crippen molar-refractivity contribution in [2.45, 2.75) is 110 Å². The second-order valence-electron chi connectivity index (χ2n) is 12.4. The molecule has 262 valence electrons. The number of H-pyrrole nitrogens is 1. The molecular formula is C36H48N2O10. The lowest BCUT2D eigenvalue weighted by molar-refractivity contribution is -0.176. The highest BCUT2D eigenvalue weighted by Gasteiger charge is 2.42. The molecule has 1 amide bonds. The van der Waals surface area contributed by atoms with E-state index in [0.29, 0.717) is 6.42 Å². The van der Waals surface area contributed by atoms with E-state index < -0.39 is 77.7 Å². The molecule has 1 fully saturated rings. The third kappa shape index (κ3) is 11.6. The van der Waals surface area contributed by atoms with Crippen LogP contribution >= 0.6 is 0 Å². The second-order valence-corrected chi connectivity index (χ2v) is 12.4. The van der Waals surface area contributed by atoms with Crippen molar-refractivity contribution < 1.29 is 42.9 Å². The summed E-state index contributed by atoms with van der Waals surface area (Å²) in [6.07, 6.45) is 7.38. The molecule has 3 rings (SSSR count). The number of rotatable bonds is 16. The molecule has 2 N–H and O–H groups in total. The van der Waals surface area contributed by atoms with Gasteiger partial charge in [0.15, 0.2) is 17.8 Å². The number of benzene rings is 1. The highest BCUT2D eigenvalue weighted by Crippen LogP contribution is 2.25. The fourth-order valence-corrected chi connectivity index (χ4v) is 5.28. The van der Waals surface area contributed by atoms with Crippen LogP contribution in [0.4, 0.5) is 0 Å². The number of carbonyl (C=O) groups excluding carboxylic acids is 5. The van der Waals surface area contributed by atoms with E-state index in [9.17, 15) is 28.8 Å². The maximum Gasteiger partial charge on any atom is 0.332 e. The maximum atomic E-state index is 13.4. The topological polar surface area (TPSA) is 167 Å². The number of esters is 4. The summed E-state index contributed by atoms with van der Waals surface area (Å²) in [5.41, 5.74) is -0.325. The number of pyridine rings is 1. The molecule has 1 aromatic carbocycles. The normalized spacial score (nSPS) is 19.7. The molecule has 12 heteroatoms. The van der Waals surface area contributed by atoms with Gasteiger partial charge >= 0.3 is 23.9 Å². The van der Waals surface area contributed by atoms with Crippen molar-refractivity contribution in [2.24, 2.45) is 11.8 Å². The fraction of sp³-hybridized carbons (Fsp3) is 0.556. The molecule has 1 aliphatic heterocycles. The molecule has 0 aliphatic carbocycles. The van der Waals surface area contributed by atoms with Gasteiger partial charge in [-0.2, -0.15) is 0 Å². The van der Waals surface area contributed by atoms with Crippen molar-refractivity contribution in [1.29, 1.82) is 0 Å². The third-order valence-corrected chi connectivity index (χ3v) is 8.06. The van der Waals surface area contributed by atoms with Crippen molar-refractivity contribution >= 4 is 29.8 Å². The molecule has 1 unspecified atom stereocenters. The molecule has 2 heterocycles. The van der Waals surface area contributed by atoms with Gasteiger partial charge in [0.2, 0.25) is 11.2 Å². The number of amides is 1. The zero-order valence-electron chi connectivity index (χ0n) is 28.3. The second kappa shape index (κ2) is 19.4. The average molecular weight is 669 g/mol. The van der Waals surface area contributed by atoms with Gasteiger partial charge in [-0.3, -0.25) is 24.0 Å². The van der Waals surface area contributed by atoms with Crippen LogP contribution in [0.1, 0.15) is 102 Å². The van der Waals surface area contributed by atoms with Gasteiger partial charge in [-0.05, 0) is 25.3 Å². The predicted octanol–water partition coefficient (Wildman–Crippen LogP) is 4.82. The summed E-state index contributed by atoms with van der Waals surface area (Å²) in [6.45, 7) is 6.33. The van der Waals surface area contributed by atoms with Crippen LogP contribution in [0.25, 0.3) is 0 Å². The molecule has 0 spiro atoms. The van der Waals surface area contributed by atoms with E-state index in [-0.39, 0.29) is 18.5 Å². The third-order valence-electron chi connectivity index (χ3n) is 8.06. The smallest absolute Gasteiger partial charge is 0.332 e. The lowest BCUT2D eigenvalue weighted by Crippen LogP contribution is -2.47. The first-order chi connectivity index (χ1) is 23.0. The van der Waals surface area contributed by atoms with Crippen molar-refractivity contribution in [2.75, 3.05) is 6.61 Å². The molecular weight excluding hydrogens is 620 g/mol. The number of hydrogen-bond donors (Lipinski definition) is 2. The Morgan fingerprint density at radius 3 is 2.27 bits per heavy atom. The Morgan fingerprint density at radius 2 is 1.60 bits per heavy atom. The van der Waals surface area contributed by atoms with E-state index in [0.717, 1.165) is 37.3 Å². The number of ether oxygens (including phenoxy) is 4. The summed E-state index contributed by atoms with van der Waals surface area (Å²) in [4.78, 5) is 80.6. The van der Waals surface area contributed by atoms with Gasteiger partial charge in [0.1, 0.15) is 18.6 Å². The first-order valence-corrected chi connectivity index (χ1v) is 16.9. The van der Waals surface area contributed by atoms with E-state index in [1.807, 2.05) is 18.2 Å². The van der Waals surface area contributed by atoms with Gasteiger partial charge in [0.25, 0.3) is 5.91 Å². The van der Waals surface area contributed by atoms with E-state index in [2.05, 4.69) is 17.2 Å². The Balaban J connectivity index is 1.72. The minimum atomic E-state index is -1.49. The summed E-state index contributed by atoms with van der Waals surface area (Å²) >= 11 is 0. The van der Waals surface area contributed by atoms with Crippen LogP contribution in [0.5, 0.6) is 5.75 Å². The Morgan fingerprint density at radius 1 is 0.938 bits per heavy atom. The average Bonchev–Trinajstić information content (AvgIpc) is 3.09. The van der Waals surface area contributed by atoms with Gasteiger partial charge in [-0.25, -0.2) is 4.79 Å². The maximum absolute atomic E-state index is 13.4. The molecule has 0 saturated carbocycles. The van der Waals surface area contributed by atoms with Gasteiger partial charge in [0.05, 0.1) is 5.92 Å². The minimum Gasteiger partial charge on any atom is -0.463 e. The molecule has 48 heavy (non-hydrogen) atoms. The summed E-state index contributed by atoms with van der Waals surface area (Å²) in [6, 6.07) is 8.65. The lowest BCUT2D eigenvalue weighted by Gasteiger charge is -2.29. The molecule has 4 atom stereocenters. The number of unbranched alkanes of at least 4 members (excludes halogenated alkanes) is 7. The number of hydrogen-bond acceptors (Lipinski definition) is 10. The molecule has 12 nitrogen and oxygen atoms in total. The largest absolute Gasteiger partial charge is 0.463 e. The lowest BCUT2D eigenvalue weighted by atomic mass is 9.91. The van der Waals surface area contributed by atoms with Crippen molar-refractivity contribution in [3.8, 4) is 5.75 Å². The zero-order chi connectivity index (χ0) is 35.1. The highest BCUT2D eigenvalue weighted by molar-refractivity contribution is 5.98. The van der Waals surface area contributed by atoms with Crippen LogP contribution in [0.15, 0.2) is 47.4 Å². The van der Waals surface area contributed by atoms with Gasteiger partial charge in [-0.15, -0.1) is 0 Å². The quantitative estimate of drug-likeness (QED) is 0.144. The predicted molar refractivity (Wildman–Crippen MR) is 176 cm³/mol. The number of carbonyl (C=O) groups is 5. The van der Waals surface area contributed by atoms with E-state index in [4.69, 9.17) is 18.9 Å². The van der Waals surface area contributed by atoms with Crippen molar-refractivity contribution in [3.05, 3.63) is 64.1 Å². The van der Waals surface area contributed by atoms with E-state index in [1.54, 1.807) is 26.0 Å². The Hall–Kier alpha value is -4.48. The van der Waals surface area contributed by atoms with Crippen molar-refractivity contribution in [3.63, 3.8) is 0 Å². The van der Waals surface area contributed by atoms with Crippen LogP contribution in [0.2, 0.25) is 0 Å². The fourth-order valence-electron chi connectivity index (χ4n) is 5.28. The standard InChI is InChI=1S/C36H48N2O10/c1-5-6-7-8-9-10-11-15-18-29(40)47-32-28(39)19-20-37-30(32)33(41)38-27-22-45-35(43)26(21-25-16-13-12-14-17-25)31(24(4)46-36(27)44)48-34(42)23(2)3/h12-14,16-17,19-20,23-24,26-27,31H,5-11,15,18,21-22H2,1-4H3,(H,37,39)(H,38,41)/t24-,26+,27-,31?/m0/s1. The monoisotopic (exact) mass is 668 g/mol. The Kier molecular flexibility index (Phi) is 15.3. The number of cyclic esters (lactones) is 2. The molecule has 1 saturated heterocycles. The minimum absolute atomic E-state index is 0.0693. The first kappa shape index (κ1) is 38.0. The Bertz CT molecular complexity index is 1440. The molecule has 2 aromatic rings. The number of nitrogens with one attached hydrogen (secondary N) is 2. The SMILES string of the molecule is CCCCCCCCCCC(=O)Oc1c(C(=O)N[C@H]2COC(=O)[C@H](Cc3ccccc3)C(OC(=O)C(C)C)[C@H](C)OC2=O)[nH]ccc1=O. The molecule has 1 aromatic heterocycles. The molecule has 0 radical (unpaired) electrons. The van der Waals surface area contributed by atoms with Crippen LogP contribution in [0, 0.1) is 11.8 Å². The van der Waals surface area contributed by atoms with Crippen LogP contribution in [-0.4, -0.2) is 59.6 Å². The van der Waals surface area contributed by atoms with Gasteiger partial charge in [0, 0.05) is 18.7 Å². The summed E-state index contributed by atoms with van der Waals surface area (Å²) in [5, 5.41) is 2.42. The highest BCUT2D eigenvalue weighted by atomic mass is 16.6. The van der Waals surface area contributed by atoms with Crippen molar-refractivity contribution in [1.82, 2.24) is 10.3 Å².